The van der Waals surface area contributed by atoms with Gasteiger partial charge in [-0.05, 0) is 50.1 Å². The Morgan fingerprint density at radius 1 is 1.08 bits per heavy atom. The van der Waals surface area contributed by atoms with Gasteiger partial charge in [0.1, 0.15) is 6.04 Å². The number of carbonyl (C=O) groups excluding carboxylic acids is 2. The molecule has 0 heterocycles. The first kappa shape index (κ1) is 31.7. The van der Waals surface area contributed by atoms with Crippen molar-refractivity contribution in [3.63, 3.8) is 0 Å². The van der Waals surface area contributed by atoms with Gasteiger partial charge >= 0.3 is 6.18 Å². The monoisotopic (exact) mass is 595 g/mol. The zero-order chi connectivity index (χ0) is 28.7. The van der Waals surface area contributed by atoms with E-state index in [0.717, 1.165) is 28.8 Å². The number of nitrogens with one attached hydrogen (secondary N) is 1. The zero-order valence-electron chi connectivity index (χ0n) is 21.2. The van der Waals surface area contributed by atoms with E-state index in [1.165, 1.54) is 11.0 Å². The van der Waals surface area contributed by atoms with Crippen molar-refractivity contribution in [2.24, 2.45) is 0 Å². The van der Waals surface area contributed by atoms with Crippen molar-refractivity contribution in [3.8, 4) is 0 Å². The van der Waals surface area contributed by atoms with E-state index in [9.17, 15) is 31.2 Å². The lowest BCUT2D eigenvalue weighted by Crippen LogP contribution is -2.48. The van der Waals surface area contributed by atoms with Crippen LogP contribution in [0, 0.1) is 0 Å². The quantitative estimate of drug-likeness (QED) is 0.351. The fourth-order valence-electron chi connectivity index (χ4n) is 3.67. The largest absolute Gasteiger partial charge is 0.416 e. The molecule has 210 valence electrons. The van der Waals surface area contributed by atoms with Gasteiger partial charge in [0.2, 0.25) is 21.8 Å². The van der Waals surface area contributed by atoms with Crippen molar-refractivity contribution in [3.05, 3.63) is 63.6 Å². The minimum Gasteiger partial charge on any atom is -0.354 e. The van der Waals surface area contributed by atoms with Crippen LogP contribution >= 0.6 is 23.2 Å². The maximum atomic E-state index is 13.3. The Bertz CT molecular complexity index is 1220. The lowest BCUT2D eigenvalue weighted by molar-refractivity contribution is -0.140. The van der Waals surface area contributed by atoms with Crippen molar-refractivity contribution in [2.45, 2.75) is 51.9 Å². The molecule has 13 heteroatoms. The molecule has 2 aromatic carbocycles. The van der Waals surface area contributed by atoms with Gasteiger partial charge in [0.25, 0.3) is 0 Å². The Morgan fingerprint density at radius 2 is 1.68 bits per heavy atom. The minimum absolute atomic E-state index is 0.0157. The fraction of sp³-hybridized carbons (Fsp3) is 0.440. The highest BCUT2D eigenvalue weighted by Gasteiger charge is 2.32. The summed E-state index contributed by atoms with van der Waals surface area (Å²) in [5.74, 6) is -0.859. The Labute approximate surface area is 230 Å². The number of amides is 2. The van der Waals surface area contributed by atoms with Crippen molar-refractivity contribution in [1.82, 2.24) is 10.2 Å². The van der Waals surface area contributed by atoms with Crippen LogP contribution in [0.1, 0.15) is 44.2 Å². The smallest absolute Gasteiger partial charge is 0.354 e. The third kappa shape index (κ3) is 8.78. The topological polar surface area (TPSA) is 86.8 Å². The fourth-order valence-corrected chi connectivity index (χ4v) is 5.15. The molecule has 0 saturated heterocycles. The molecular formula is C25H30Cl2F3N3O4S. The van der Waals surface area contributed by atoms with Gasteiger partial charge in [-0.15, -0.1) is 0 Å². The molecule has 0 radical (unpaired) electrons. The van der Waals surface area contributed by atoms with Gasteiger partial charge in [0.15, 0.2) is 0 Å². The SMILES string of the molecule is CCCNC(=O)[C@@H](C)N(Cc1c(Cl)cccc1Cl)C(=O)CCCN(c1cccc(C(F)(F)F)c1)S(C)(=O)=O. The average molecular weight is 596 g/mol. The van der Waals surface area contributed by atoms with Gasteiger partial charge in [-0.25, -0.2) is 8.42 Å². The van der Waals surface area contributed by atoms with E-state index >= 15 is 0 Å². The van der Waals surface area contributed by atoms with Gasteiger partial charge in [-0.3, -0.25) is 13.9 Å². The lowest BCUT2D eigenvalue weighted by Gasteiger charge is -2.30. The van der Waals surface area contributed by atoms with Crippen LogP contribution in [0.15, 0.2) is 42.5 Å². The molecule has 1 atom stereocenters. The maximum Gasteiger partial charge on any atom is 0.416 e. The van der Waals surface area contributed by atoms with Crippen LogP contribution in [-0.4, -0.2) is 50.5 Å². The molecule has 0 bridgehead atoms. The predicted octanol–water partition coefficient (Wildman–Crippen LogP) is 5.50. The first-order valence-electron chi connectivity index (χ1n) is 11.8. The van der Waals surface area contributed by atoms with E-state index in [4.69, 9.17) is 23.2 Å². The first-order chi connectivity index (χ1) is 17.7. The van der Waals surface area contributed by atoms with Crippen LogP contribution in [0.5, 0.6) is 0 Å². The van der Waals surface area contributed by atoms with Crippen molar-refractivity contribution in [2.75, 3.05) is 23.7 Å². The van der Waals surface area contributed by atoms with E-state index in [1.54, 1.807) is 25.1 Å². The second-order valence-electron chi connectivity index (χ2n) is 8.68. The van der Waals surface area contributed by atoms with Crippen LogP contribution in [-0.2, 0) is 32.3 Å². The Balaban J connectivity index is 2.25. The van der Waals surface area contributed by atoms with Crippen molar-refractivity contribution >= 4 is 50.7 Å². The molecule has 0 saturated carbocycles. The third-order valence-corrected chi connectivity index (χ3v) is 7.62. The molecule has 38 heavy (non-hydrogen) atoms. The molecular weight excluding hydrogens is 566 g/mol. The summed E-state index contributed by atoms with van der Waals surface area (Å²) in [6.07, 6.45) is -3.28. The van der Waals surface area contributed by atoms with Crippen LogP contribution < -0.4 is 9.62 Å². The predicted molar refractivity (Wildman–Crippen MR) is 143 cm³/mol. The van der Waals surface area contributed by atoms with E-state index in [1.807, 2.05) is 6.92 Å². The lowest BCUT2D eigenvalue weighted by atomic mass is 10.1. The Kier molecular flexibility index (Phi) is 11.3. The molecule has 0 aliphatic heterocycles. The molecule has 7 nitrogen and oxygen atoms in total. The minimum atomic E-state index is -4.65. The summed E-state index contributed by atoms with van der Waals surface area (Å²) >= 11 is 12.6. The van der Waals surface area contributed by atoms with Crippen molar-refractivity contribution < 1.29 is 31.2 Å². The van der Waals surface area contributed by atoms with Crippen molar-refractivity contribution in [1.29, 1.82) is 0 Å². The van der Waals surface area contributed by atoms with Crippen LogP contribution in [0.4, 0.5) is 18.9 Å². The molecule has 2 amide bonds. The summed E-state index contributed by atoms with van der Waals surface area (Å²) < 4.78 is 65.1. The van der Waals surface area contributed by atoms with Gasteiger partial charge in [-0.2, -0.15) is 13.2 Å². The maximum absolute atomic E-state index is 13.3. The van der Waals surface area contributed by atoms with Crippen LogP contribution in [0.25, 0.3) is 0 Å². The summed E-state index contributed by atoms with van der Waals surface area (Å²) in [6, 6.07) is 7.92. The molecule has 1 N–H and O–H groups in total. The number of nitrogens with zero attached hydrogens (tertiary/aromatic N) is 2. The van der Waals surface area contributed by atoms with Gasteiger partial charge in [0.05, 0.1) is 17.5 Å². The normalized spacial score (nSPS) is 12.6. The van der Waals surface area contributed by atoms with Crippen LogP contribution in [0.3, 0.4) is 0 Å². The molecule has 2 rings (SSSR count). The summed E-state index contributed by atoms with van der Waals surface area (Å²) in [4.78, 5) is 27.3. The van der Waals surface area contributed by atoms with Gasteiger partial charge < -0.3 is 10.2 Å². The average Bonchev–Trinajstić information content (AvgIpc) is 2.83. The van der Waals surface area contributed by atoms with E-state index in [2.05, 4.69) is 5.32 Å². The summed E-state index contributed by atoms with van der Waals surface area (Å²) in [5, 5.41) is 3.36. The highest BCUT2D eigenvalue weighted by Crippen LogP contribution is 2.32. The second kappa shape index (κ2) is 13.5. The highest BCUT2D eigenvalue weighted by atomic mass is 35.5. The van der Waals surface area contributed by atoms with Crippen LogP contribution in [0.2, 0.25) is 10.0 Å². The third-order valence-electron chi connectivity index (χ3n) is 5.72. The van der Waals surface area contributed by atoms with E-state index < -0.39 is 33.7 Å². The number of carbonyl (C=O) groups is 2. The number of benzene rings is 2. The summed E-state index contributed by atoms with van der Waals surface area (Å²) in [6.45, 7) is 3.54. The van der Waals surface area contributed by atoms with Gasteiger partial charge in [0, 0.05) is 41.7 Å². The Morgan fingerprint density at radius 3 is 2.24 bits per heavy atom. The molecule has 2 aromatic rings. The molecule has 0 unspecified atom stereocenters. The number of anilines is 1. The zero-order valence-corrected chi connectivity index (χ0v) is 23.5. The standard InChI is InChI=1S/C25H30Cl2F3N3O4S/c1-4-13-31-24(35)17(2)32(16-20-21(26)10-6-11-22(20)27)23(34)12-7-14-33(38(3,36)37)19-9-5-8-18(15-19)25(28,29)30/h5-6,8-11,15,17H,4,7,12-14,16H2,1-3H3,(H,31,35)/t17-/m1/s1. The van der Waals surface area contributed by atoms with E-state index in [-0.39, 0.29) is 37.5 Å². The second-order valence-corrected chi connectivity index (χ2v) is 11.4. The highest BCUT2D eigenvalue weighted by molar-refractivity contribution is 7.92. The summed E-state index contributed by atoms with van der Waals surface area (Å²) in [5.41, 5.74) is -0.711. The molecule has 0 aromatic heterocycles. The number of sulfonamides is 1. The molecule has 0 spiro atoms. The number of hydrogen-bond acceptors (Lipinski definition) is 4. The molecule has 0 aliphatic rings. The molecule has 0 fully saturated rings. The number of halogens is 5. The number of hydrogen-bond donors (Lipinski definition) is 1. The first-order valence-corrected chi connectivity index (χ1v) is 14.4. The molecule has 0 aliphatic carbocycles. The van der Waals surface area contributed by atoms with Gasteiger partial charge in [-0.1, -0.05) is 42.3 Å². The Hall–Kier alpha value is -2.50. The number of rotatable bonds is 12. The summed E-state index contributed by atoms with van der Waals surface area (Å²) in [7, 11) is -3.96. The van der Waals surface area contributed by atoms with E-state index in [0.29, 0.717) is 28.6 Å². The number of alkyl halides is 3.